The normalized spacial score (nSPS) is 11.8. The van der Waals surface area contributed by atoms with Crippen molar-refractivity contribution < 1.29 is 27.8 Å². The fraction of sp³-hybridized carbons (Fsp3) is 0.364. The molecule has 0 aliphatic carbocycles. The van der Waals surface area contributed by atoms with Gasteiger partial charge in [-0.3, -0.25) is 4.57 Å². The molecule has 6 nitrogen and oxygen atoms in total. The van der Waals surface area contributed by atoms with E-state index in [9.17, 15) is 13.6 Å². The van der Waals surface area contributed by atoms with Crippen LogP contribution >= 0.6 is 22.6 Å². The van der Waals surface area contributed by atoms with E-state index in [4.69, 9.17) is 14.2 Å². The molecule has 0 aliphatic heterocycles. The van der Waals surface area contributed by atoms with Crippen molar-refractivity contribution in [3.8, 4) is 11.8 Å². The third-order valence-corrected chi connectivity index (χ3v) is 7.58. The summed E-state index contributed by atoms with van der Waals surface area (Å²) in [5.41, 5.74) is 1.27. The lowest BCUT2D eigenvalue weighted by Gasteiger charge is -2.16. The molecule has 0 fully saturated rings. The Balaban J connectivity index is 2.00. The minimum atomic E-state index is -1.30. The fourth-order valence-corrected chi connectivity index (χ4v) is 4.15. The van der Waals surface area contributed by atoms with E-state index in [1.165, 1.54) is 23.8 Å². The molecule has 0 radical (unpaired) electrons. The zero-order valence-corrected chi connectivity index (χ0v) is 21.7. The van der Waals surface area contributed by atoms with E-state index in [2.05, 4.69) is 24.6 Å². The Labute approximate surface area is 200 Å². The Morgan fingerprint density at radius 2 is 1.94 bits per heavy atom. The lowest BCUT2D eigenvalue weighted by atomic mass is 10.1. The molecule has 0 bridgehead atoms. The number of carbonyl (C=O) groups excluding carboxylic acids is 1. The molecule has 0 saturated carbocycles. The fourth-order valence-electron chi connectivity index (χ4n) is 2.98. The highest BCUT2D eigenvalue weighted by Crippen LogP contribution is 2.31. The summed E-state index contributed by atoms with van der Waals surface area (Å²) >= 11 is 1.61. The second-order valence-electron chi connectivity index (χ2n) is 8.59. The van der Waals surface area contributed by atoms with Crippen LogP contribution < -0.4 is 4.74 Å². The molecule has 0 aliphatic rings. The Kier molecular flexibility index (Phi) is 7.56. The van der Waals surface area contributed by atoms with Crippen molar-refractivity contribution >= 4 is 47.7 Å². The SMILES string of the molecule is COC(=O)c1cc(Oc2nc3c(F)c(I)c(F)cc3n2COCC[Si](C)(C)C)ccc1C. The summed E-state index contributed by atoms with van der Waals surface area (Å²) in [5, 5.41) is 0. The van der Waals surface area contributed by atoms with E-state index in [1.54, 1.807) is 41.6 Å². The summed E-state index contributed by atoms with van der Waals surface area (Å²) in [4.78, 5) is 16.3. The molecule has 0 atom stereocenters. The molecule has 1 aromatic heterocycles. The van der Waals surface area contributed by atoms with Gasteiger partial charge in [0.25, 0.3) is 0 Å². The largest absolute Gasteiger partial charge is 0.465 e. The highest BCUT2D eigenvalue weighted by molar-refractivity contribution is 14.1. The van der Waals surface area contributed by atoms with Crippen LogP contribution in [0.25, 0.3) is 11.0 Å². The van der Waals surface area contributed by atoms with Gasteiger partial charge in [0.15, 0.2) is 5.82 Å². The van der Waals surface area contributed by atoms with Crippen LogP contribution in [-0.2, 0) is 16.2 Å². The van der Waals surface area contributed by atoms with Crippen LogP contribution in [0.15, 0.2) is 24.3 Å². The van der Waals surface area contributed by atoms with Crippen LogP contribution in [0.1, 0.15) is 15.9 Å². The van der Waals surface area contributed by atoms with Crippen molar-refractivity contribution in [3.63, 3.8) is 0 Å². The molecular weight excluding hydrogens is 549 g/mol. The van der Waals surface area contributed by atoms with Crippen molar-refractivity contribution in [3.05, 3.63) is 50.6 Å². The molecule has 172 valence electrons. The van der Waals surface area contributed by atoms with Crippen molar-refractivity contribution in [2.45, 2.75) is 39.3 Å². The Hall–Kier alpha value is -2.05. The molecule has 0 amide bonds. The maximum absolute atomic E-state index is 14.7. The van der Waals surface area contributed by atoms with Crippen LogP contribution in [0, 0.1) is 22.1 Å². The quantitative estimate of drug-likeness (QED) is 0.107. The van der Waals surface area contributed by atoms with Crippen molar-refractivity contribution in [1.29, 1.82) is 0 Å². The predicted molar refractivity (Wildman–Crippen MR) is 129 cm³/mol. The summed E-state index contributed by atoms with van der Waals surface area (Å²) < 4.78 is 46.9. The number of nitrogens with zero attached hydrogens (tertiary/aromatic N) is 2. The molecule has 3 aromatic rings. The lowest BCUT2D eigenvalue weighted by Crippen LogP contribution is -2.22. The number of hydrogen-bond donors (Lipinski definition) is 0. The third-order valence-electron chi connectivity index (χ3n) is 4.89. The summed E-state index contributed by atoms with van der Waals surface area (Å²) in [5.74, 6) is -1.64. The molecule has 1 heterocycles. The molecular formula is C22H25F2IN2O4Si. The van der Waals surface area contributed by atoms with Gasteiger partial charge in [-0.25, -0.2) is 13.6 Å². The first-order valence-electron chi connectivity index (χ1n) is 10.00. The zero-order valence-electron chi connectivity index (χ0n) is 18.6. The van der Waals surface area contributed by atoms with Gasteiger partial charge >= 0.3 is 12.0 Å². The average Bonchev–Trinajstić information content (AvgIpc) is 3.06. The van der Waals surface area contributed by atoms with Gasteiger partial charge in [-0.1, -0.05) is 25.7 Å². The van der Waals surface area contributed by atoms with E-state index >= 15 is 0 Å². The molecule has 32 heavy (non-hydrogen) atoms. The summed E-state index contributed by atoms with van der Waals surface area (Å²) in [6.45, 7) is 9.02. The van der Waals surface area contributed by atoms with E-state index in [0.717, 1.165) is 11.6 Å². The predicted octanol–water partition coefficient (Wildman–Crippen LogP) is 6.12. The Bertz CT molecular complexity index is 1160. The highest BCUT2D eigenvalue weighted by atomic mass is 127. The lowest BCUT2D eigenvalue weighted by molar-refractivity contribution is 0.0599. The van der Waals surface area contributed by atoms with E-state index in [-0.39, 0.29) is 27.3 Å². The Morgan fingerprint density at radius 3 is 2.59 bits per heavy atom. The number of rotatable bonds is 8. The van der Waals surface area contributed by atoms with Crippen LogP contribution in [0.3, 0.4) is 0 Å². The molecule has 2 aromatic carbocycles. The van der Waals surface area contributed by atoms with Crippen LogP contribution in [0.2, 0.25) is 25.7 Å². The van der Waals surface area contributed by atoms with E-state index in [1.807, 2.05) is 0 Å². The number of imidazole rings is 1. The van der Waals surface area contributed by atoms with Gasteiger partial charge in [-0.05, 0) is 53.3 Å². The first-order valence-corrected chi connectivity index (χ1v) is 14.8. The van der Waals surface area contributed by atoms with E-state index in [0.29, 0.717) is 17.9 Å². The standard InChI is InChI=1S/C22H25F2IN2O4Si/c1-13-6-7-14(10-15(13)21(28)29-2)31-22-26-20-17(11-16(23)19(25)18(20)24)27(22)12-30-8-9-32(3,4)5/h6-7,10-11H,8-9,12H2,1-5H3. The second-order valence-corrected chi connectivity index (χ2v) is 15.3. The van der Waals surface area contributed by atoms with Gasteiger partial charge in [0.1, 0.15) is 23.8 Å². The first kappa shape index (κ1) is 24.6. The minimum Gasteiger partial charge on any atom is -0.465 e. The van der Waals surface area contributed by atoms with Gasteiger partial charge in [0.2, 0.25) is 0 Å². The molecule has 10 heteroatoms. The molecule has 3 rings (SSSR count). The zero-order chi connectivity index (χ0) is 23.6. The number of benzene rings is 2. The number of aromatic nitrogens is 2. The third kappa shape index (κ3) is 5.46. The number of fused-ring (bicyclic) bond motifs is 1. The molecule has 0 unspecified atom stereocenters. The van der Waals surface area contributed by atoms with Crippen LogP contribution in [0.4, 0.5) is 8.78 Å². The minimum absolute atomic E-state index is 0.0140. The van der Waals surface area contributed by atoms with Gasteiger partial charge in [-0.2, -0.15) is 4.98 Å². The van der Waals surface area contributed by atoms with Gasteiger partial charge < -0.3 is 14.2 Å². The van der Waals surface area contributed by atoms with Gasteiger partial charge in [-0.15, -0.1) is 0 Å². The highest BCUT2D eigenvalue weighted by Gasteiger charge is 2.22. The molecule has 0 spiro atoms. The maximum atomic E-state index is 14.7. The maximum Gasteiger partial charge on any atom is 0.338 e. The van der Waals surface area contributed by atoms with Crippen molar-refractivity contribution in [2.24, 2.45) is 0 Å². The van der Waals surface area contributed by atoms with Crippen LogP contribution in [0.5, 0.6) is 11.8 Å². The number of hydrogen-bond acceptors (Lipinski definition) is 5. The number of esters is 1. The van der Waals surface area contributed by atoms with Gasteiger partial charge in [0.05, 0.1) is 21.8 Å². The summed E-state index contributed by atoms with van der Waals surface area (Å²) in [6.07, 6.45) is 0. The second kappa shape index (κ2) is 9.83. The monoisotopic (exact) mass is 574 g/mol. The average molecular weight is 574 g/mol. The number of aryl methyl sites for hydroxylation is 1. The van der Waals surface area contributed by atoms with Crippen molar-refractivity contribution in [2.75, 3.05) is 13.7 Å². The van der Waals surface area contributed by atoms with Gasteiger partial charge in [0, 0.05) is 20.7 Å². The molecule has 0 saturated heterocycles. The van der Waals surface area contributed by atoms with E-state index < -0.39 is 25.7 Å². The first-order chi connectivity index (χ1) is 15.0. The topological polar surface area (TPSA) is 62.6 Å². The number of carbonyl (C=O) groups is 1. The molecule has 0 N–H and O–H groups in total. The number of halogens is 3. The number of methoxy groups -OCH3 is 1. The van der Waals surface area contributed by atoms with Crippen LogP contribution in [-0.4, -0.2) is 37.3 Å². The number of ether oxygens (including phenoxy) is 3. The van der Waals surface area contributed by atoms with Crippen molar-refractivity contribution in [1.82, 2.24) is 9.55 Å². The summed E-state index contributed by atoms with van der Waals surface area (Å²) in [7, 11) is -0.00787. The smallest absolute Gasteiger partial charge is 0.338 e. The Morgan fingerprint density at radius 1 is 1.22 bits per heavy atom. The summed E-state index contributed by atoms with van der Waals surface area (Å²) in [6, 6.07) is 7.10.